The number of halogens is 1. The summed E-state index contributed by atoms with van der Waals surface area (Å²) >= 11 is 5.79. The molecule has 0 bridgehead atoms. The Hall–Kier alpha value is -2.19. The smallest absolute Gasteiger partial charge is 0.267 e. The van der Waals surface area contributed by atoms with Crippen LogP contribution >= 0.6 is 11.6 Å². The number of aromatic nitrogens is 2. The summed E-state index contributed by atoms with van der Waals surface area (Å²) in [5.74, 6) is -0.324. The molecule has 1 fully saturated rings. The van der Waals surface area contributed by atoms with Gasteiger partial charge in [-0.2, -0.15) is 5.10 Å². The molecule has 0 unspecified atom stereocenters. The molecule has 2 heterocycles. The Balaban J connectivity index is 1.71. The van der Waals surface area contributed by atoms with Crippen LogP contribution in [-0.2, 0) is 21.2 Å². The van der Waals surface area contributed by atoms with Gasteiger partial charge in [0, 0.05) is 30.4 Å². The third-order valence-corrected chi connectivity index (χ3v) is 6.59. The first kappa shape index (κ1) is 17.6. The summed E-state index contributed by atoms with van der Waals surface area (Å²) in [6.07, 6.45) is 1.78. The second-order valence-corrected chi connectivity index (χ2v) is 8.43. The van der Waals surface area contributed by atoms with Crippen molar-refractivity contribution in [3.05, 3.63) is 58.0 Å². The molecule has 1 atom stereocenters. The van der Waals surface area contributed by atoms with E-state index in [2.05, 4.69) is 5.10 Å². The zero-order valence-electron chi connectivity index (χ0n) is 13.2. The van der Waals surface area contributed by atoms with Gasteiger partial charge in [-0.25, -0.2) is 13.1 Å². The monoisotopic (exact) mass is 381 g/mol. The first-order chi connectivity index (χ1) is 11.9. The molecule has 1 saturated heterocycles. The van der Waals surface area contributed by atoms with E-state index in [-0.39, 0.29) is 29.5 Å². The average molecular weight is 382 g/mol. The van der Waals surface area contributed by atoms with E-state index in [9.17, 15) is 18.0 Å². The van der Waals surface area contributed by atoms with Gasteiger partial charge in [0.15, 0.2) is 9.84 Å². The van der Waals surface area contributed by atoms with Gasteiger partial charge in [-0.1, -0.05) is 11.6 Å². The molecule has 1 aliphatic heterocycles. The SMILES string of the molecule is O=C(Cn1ncccc1=O)N1CC[C@H](S(=O)(=O)c2ccc(Cl)cc2)C1. The summed E-state index contributed by atoms with van der Waals surface area (Å²) in [6, 6.07) is 8.80. The summed E-state index contributed by atoms with van der Waals surface area (Å²) in [7, 11) is -3.54. The second kappa shape index (κ2) is 6.97. The first-order valence-electron chi connectivity index (χ1n) is 7.67. The van der Waals surface area contributed by atoms with Crippen LogP contribution in [-0.4, -0.2) is 47.3 Å². The summed E-state index contributed by atoms with van der Waals surface area (Å²) in [4.78, 5) is 25.6. The lowest BCUT2D eigenvalue weighted by Gasteiger charge is -2.17. The van der Waals surface area contributed by atoms with Crippen molar-refractivity contribution in [2.45, 2.75) is 23.1 Å². The van der Waals surface area contributed by atoms with E-state index in [1.807, 2.05) is 0 Å². The molecule has 1 aromatic carbocycles. The van der Waals surface area contributed by atoms with Gasteiger partial charge in [-0.3, -0.25) is 9.59 Å². The molecule has 1 aromatic heterocycles. The van der Waals surface area contributed by atoms with Crippen LogP contribution in [0, 0.1) is 0 Å². The molecule has 0 N–H and O–H groups in total. The fourth-order valence-corrected chi connectivity index (χ4v) is 4.58. The molecule has 132 valence electrons. The highest BCUT2D eigenvalue weighted by atomic mass is 35.5. The van der Waals surface area contributed by atoms with Crippen molar-refractivity contribution in [3.8, 4) is 0 Å². The van der Waals surface area contributed by atoms with Crippen molar-refractivity contribution in [1.29, 1.82) is 0 Å². The van der Waals surface area contributed by atoms with Gasteiger partial charge in [-0.15, -0.1) is 0 Å². The minimum absolute atomic E-state index is 0.103. The predicted octanol–water partition coefficient (Wildman–Crippen LogP) is 0.972. The van der Waals surface area contributed by atoms with E-state index in [0.29, 0.717) is 18.0 Å². The van der Waals surface area contributed by atoms with E-state index in [4.69, 9.17) is 11.6 Å². The number of sulfone groups is 1. The van der Waals surface area contributed by atoms with Gasteiger partial charge < -0.3 is 4.90 Å². The zero-order valence-corrected chi connectivity index (χ0v) is 14.8. The summed E-state index contributed by atoms with van der Waals surface area (Å²) in [6.45, 7) is 0.233. The van der Waals surface area contributed by atoms with Gasteiger partial charge in [0.05, 0.1) is 10.1 Å². The number of carbonyl (C=O) groups excluding carboxylic acids is 1. The van der Waals surface area contributed by atoms with Gasteiger partial charge in [-0.05, 0) is 36.8 Å². The molecule has 2 aromatic rings. The van der Waals surface area contributed by atoms with Crippen molar-refractivity contribution >= 4 is 27.3 Å². The third kappa shape index (κ3) is 3.74. The van der Waals surface area contributed by atoms with Crippen molar-refractivity contribution in [1.82, 2.24) is 14.7 Å². The Labute approximate surface area is 149 Å². The fourth-order valence-electron chi connectivity index (χ4n) is 2.76. The maximum Gasteiger partial charge on any atom is 0.267 e. The molecule has 0 radical (unpaired) electrons. The topological polar surface area (TPSA) is 89.3 Å². The van der Waals surface area contributed by atoms with E-state index < -0.39 is 15.1 Å². The van der Waals surface area contributed by atoms with E-state index in [1.54, 1.807) is 0 Å². The number of rotatable bonds is 4. The molecule has 0 aliphatic carbocycles. The van der Waals surface area contributed by atoms with Gasteiger partial charge in [0.25, 0.3) is 5.56 Å². The Morgan fingerprint density at radius 1 is 1.24 bits per heavy atom. The number of amides is 1. The molecular weight excluding hydrogens is 366 g/mol. The molecule has 1 aliphatic rings. The number of likely N-dealkylation sites (tertiary alicyclic amines) is 1. The van der Waals surface area contributed by atoms with E-state index in [0.717, 1.165) is 4.68 Å². The molecule has 3 rings (SSSR count). The first-order valence-corrected chi connectivity index (χ1v) is 9.60. The number of hydrogen-bond acceptors (Lipinski definition) is 5. The minimum Gasteiger partial charge on any atom is -0.340 e. The van der Waals surface area contributed by atoms with E-state index in [1.165, 1.54) is 47.5 Å². The highest BCUT2D eigenvalue weighted by Crippen LogP contribution is 2.25. The van der Waals surface area contributed by atoms with Gasteiger partial charge in [0.1, 0.15) is 6.54 Å². The maximum atomic E-state index is 12.7. The maximum absolute atomic E-state index is 12.7. The van der Waals surface area contributed by atoms with Crippen LogP contribution in [0.3, 0.4) is 0 Å². The van der Waals surface area contributed by atoms with Crippen LogP contribution < -0.4 is 5.56 Å². The normalized spacial score (nSPS) is 17.6. The van der Waals surface area contributed by atoms with Gasteiger partial charge >= 0.3 is 0 Å². The number of carbonyl (C=O) groups is 1. The van der Waals surface area contributed by atoms with Crippen LogP contribution in [0.25, 0.3) is 0 Å². The Bertz CT molecular complexity index is 940. The zero-order chi connectivity index (χ0) is 18.0. The Morgan fingerprint density at radius 2 is 1.96 bits per heavy atom. The highest BCUT2D eigenvalue weighted by Gasteiger charge is 2.36. The predicted molar refractivity (Wildman–Crippen MR) is 92.1 cm³/mol. The molecule has 1 amide bonds. The summed E-state index contributed by atoms with van der Waals surface area (Å²) in [5.41, 5.74) is -0.375. The van der Waals surface area contributed by atoms with Crippen LogP contribution in [0.2, 0.25) is 5.02 Å². The largest absolute Gasteiger partial charge is 0.340 e. The number of benzene rings is 1. The van der Waals surface area contributed by atoms with Crippen molar-refractivity contribution in [2.24, 2.45) is 0 Å². The second-order valence-electron chi connectivity index (χ2n) is 5.77. The van der Waals surface area contributed by atoms with Crippen LogP contribution in [0.1, 0.15) is 6.42 Å². The molecular formula is C16H16ClN3O4S. The van der Waals surface area contributed by atoms with Crippen molar-refractivity contribution in [3.63, 3.8) is 0 Å². The molecule has 0 saturated carbocycles. The Kier molecular flexibility index (Phi) is 4.91. The van der Waals surface area contributed by atoms with Crippen LogP contribution in [0.15, 0.2) is 52.3 Å². The number of hydrogen-bond donors (Lipinski definition) is 0. The lowest BCUT2D eigenvalue weighted by atomic mass is 10.4. The van der Waals surface area contributed by atoms with Crippen LogP contribution in [0.4, 0.5) is 0 Å². The standard InChI is InChI=1S/C16H16ClN3O4S/c17-12-3-5-13(6-4-12)25(23,24)14-7-9-19(10-14)16(22)11-20-15(21)2-1-8-18-20/h1-6,8,14H,7,9-11H2/t14-/m0/s1. The van der Waals surface area contributed by atoms with E-state index >= 15 is 0 Å². The van der Waals surface area contributed by atoms with Crippen molar-refractivity contribution in [2.75, 3.05) is 13.1 Å². The number of nitrogens with zero attached hydrogens (tertiary/aromatic N) is 3. The molecule has 9 heteroatoms. The lowest BCUT2D eigenvalue weighted by molar-refractivity contribution is -0.131. The van der Waals surface area contributed by atoms with Gasteiger partial charge in [0.2, 0.25) is 5.91 Å². The third-order valence-electron chi connectivity index (χ3n) is 4.15. The highest BCUT2D eigenvalue weighted by molar-refractivity contribution is 7.92. The Morgan fingerprint density at radius 3 is 2.64 bits per heavy atom. The molecule has 7 nitrogen and oxygen atoms in total. The quantitative estimate of drug-likeness (QED) is 0.787. The van der Waals surface area contributed by atoms with Crippen molar-refractivity contribution < 1.29 is 13.2 Å². The fraction of sp³-hybridized carbons (Fsp3) is 0.312. The summed E-state index contributed by atoms with van der Waals surface area (Å²) < 4.78 is 26.4. The lowest BCUT2D eigenvalue weighted by Crippen LogP contribution is -2.37. The summed E-state index contributed by atoms with van der Waals surface area (Å²) in [5, 5.41) is 3.63. The average Bonchev–Trinajstić information content (AvgIpc) is 3.08. The molecule has 25 heavy (non-hydrogen) atoms. The van der Waals surface area contributed by atoms with Crippen LogP contribution in [0.5, 0.6) is 0 Å². The molecule has 0 spiro atoms. The minimum atomic E-state index is -3.54.